The Bertz CT molecular complexity index is 1050. The molecule has 0 spiro atoms. The number of amides is 1. The number of hydrogen-bond donors (Lipinski definition) is 1. The fourth-order valence-electron chi connectivity index (χ4n) is 2.92. The minimum Gasteiger partial charge on any atom is -0.378 e. The third-order valence-corrected chi connectivity index (χ3v) is 5.25. The molecule has 1 amide bonds. The van der Waals surface area contributed by atoms with Crippen LogP contribution in [0.2, 0.25) is 0 Å². The number of thiazole rings is 1. The largest absolute Gasteiger partial charge is 0.378 e. The number of fused-ring (bicyclic) bond motifs is 1. The van der Waals surface area contributed by atoms with Crippen LogP contribution in [0.3, 0.4) is 0 Å². The molecule has 0 bridgehead atoms. The zero-order valence-electron chi connectivity index (χ0n) is 14.2. The Kier molecular flexibility index (Phi) is 4.71. The van der Waals surface area contributed by atoms with Crippen LogP contribution in [-0.4, -0.2) is 37.2 Å². The Labute approximate surface area is 158 Å². The van der Waals surface area contributed by atoms with E-state index in [-0.39, 0.29) is 11.1 Å². The van der Waals surface area contributed by atoms with Crippen molar-refractivity contribution in [3.05, 3.63) is 53.3 Å². The molecule has 1 aromatic heterocycles. The lowest BCUT2D eigenvalue weighted by Gasteiger charge is -2.28. The van der Waals surface area contributed by atoms with Gasteiger partial charge in [0.2, 0.25) is 0 Å². The van der Waals surface area contributed by atoms with Crippen molar-refractivity contribution < 1.29 is 13.9 Å². The summed E-state index contributed by atoms with van der Waals surface area (Å²) >= 11 is 1.34. The molecule has 8 heteroatoms. The van der Waals surface area contributed by atoms with Gasteiger partial charge in [0.05, 0.1) is 40.6 Å². The van der Waals surface area contributed by atoms with E-state index in [0.29, 0.717) is 18.3 Å². The standard InChI is InChI=1S/C19H15FN4O2S/c20-15-9-12(11-21)1-3-14(15)18(25)23-19-22-16-4-2-13(10-17(16)27-19)24-5-7-26-8-6-24/h1-4,9-10H,5-8H2,(H,22,23,25). The first-order chi connectivity index (χ1) is 13.1. The number of morpholine rings is 1. The van der Waals surface area contributed by atoms with Crippen LogP contribution in [-0.2, 0) is 4.74 Å². The van der Waals surface area contributed by atoms with Gasteiger partial charge >= 0.3 is 0 Å². The molecule has 1 saturated heterocycles. The Morgan fingerprint density at radius 2 is 2.07 bits per heavy atom. The normalized spacial score (nSPS) is 14.1. The van der Waals surface area contributed by atoms with Gasteiger partial charge in [0, 0.05) is 18.8 Å². The first kappa shape index (κ1) is 17.4. The van der Waals surface area contributed by atoms with Crippen LogP contribution < -0.4 is 10.2 Å². The van der Waals surface area contributed by atoms with Crippen LogP contribution in [0.25, 0.3) is 10.2 Å². The van der Waals surface area contributed by atoms with Crippen molar-refractivity contribution >= 4 is 38.3 Å². The minimum absolute atomic E-state index is 0.123. The summed E-state index contributed by atoms with van der Waals surface area (Å²) in [4.78, 5) is 19.0. The number of halogens is 1. The quantitative estimate of drug-likeness (QED) is 0.751. The smallest absolute Gasteiger partial charge is 0.260 e. The summed E-state index contributed by atoms with van der Waals surface area (Å²) in [7, 11) is 0. The molecular weight excluding hydrogens is 367 g/mol. The summed E-state index contributed by atoms with van der Waals surface area (Å²) in [5.74, 6) is -1.33. The van der Waals surface area contributed by atoms with E-state index in [1.165, 1.54) is 23.5 Å². The molecule has 0 atom stereocenters. The number of nitriles is 1. The fourth-order valence-corrected chi connectivity index (χ4v) is 3.81. The number of rotatable bonds is 3. The fraction of sp³-hybridized carbons (Fsp3) is 0.211. The van der Waals surface area contributed by atoms with Crippen molar-refractivity contribution in [1.29, 1.82) is 5.26 Å². The lowest BCUT2D eigenvalue weighted by molar-refractivity contribution is 0.102. The number of nitrogens with zero attached hydrogens (tertiary/aromatic N) is 3. The second kappa shape index (κ2) is 7.31. The Hall–Kier alpha value is -3.02. The molecule has 0 aliphatic carbocycles. The monoisotopic (exact) mass is 382 g/mol. The average molecular weight is 382 g/mol. The zero-order chi connectivity index (χ0) is 18.8. The predicted octanol–water partition coefficient (Wildman–Crippen LogP) is 3.40. The molecule has 1 N–H and O–H groups in total. The van der Waals surface area contributed by atoms with Gasteiger partial charge in [0.15, 0.2) is 5.13 Å². The molecule has 2 aromatic carbocycles. The van der Waals surface area contributed by atoms with Gasteiger partial charge in [-0.15, -0.1) is 0 Å². The average Bonchev–Trinajstić information content (AvgIpc) is 3.09. The van der Waals surface area contributed by atoms with Gasteiger partial charge in [-0.3, -0.25) is 10.1 Å². The zero-order valence-corrected chi connectivity index (χ0v) is 15.1. The maximum Gasteiger partial charge on any atom is 0.260 e. The number of anilines is 2. The van der Waals surface area contributed by atoms with Gasteiger partial charge in [0.25, 0.3) is 5.91 Å². The molecule has 6 nitrogen and oxygen atoms in total. The van der Waals surface area contributed by atoms with Crippen LogP contribution in [0.4, 0.5) is 15.2 Å². The molecule has 4 rings (SSSR count). The van der Waals surface area contributed by atoms with Crippen molar-refractivity contribution in [3.8, 4) is 6.07 Å². The van der Waals surface area contributed by atoms with E-state index in [2.05, 4.69) is 15.2 Å². The topological polar surface area (TPSA) is 78.2 Å². The lowest BCUT2D eigenvalue weighted by atomic mass is 10.1. The van der Waals surface area contributed by atoms with Gasteiger partial charge in [-0.1, -0.05) is 11.3 Å². The van der Waals surface area contributed by atoms with Gasteiger partial charge in [-0.25, -0.2) is 9.37 Å². The van der Waals surface area contributed by atoms with Crippen LogP contribution in [0.1, 0.15) is 15.9 Å². The number of carbonyl (C=O) groups is 1. The summed E-state index contributed by atoms with van der Waals surface area (Å²) in [5, 5.41) is 11.8. The maximum atomic E-state index is 14.0. The number of ether oxygens (including phenoxy) is 1. The third-order valence-electron chi connectivity index (χ3n) is 4.31. The second-order valence-electron chi connectivity index (χ2n) is 6.03. The van der Waals surface area contributed by atoms with E-state index in [1.54, 1.807) is 0 Å². The van der Waals surface area contributed by atoms with Gasteiger partial charge < -0.3 is 9.64 Å². The van der Waals surface area contributed by atoms with E-state index < -0.39 is 11.7 Å². The highest BCUT2D eigenvalue weighted by molar-refractivity contribution is 7.22. The van der Waals surface area contributed by atoms with E-state index >= 15 is 0 Å². The highest BCUT2D eigenvalue weighted by Crippen LogP contribution is 2.30. The highest BCUT2D eigenvalue weighted by atomic mass is 32.1. The van der Waals surface area contributed by atoms with Crippen molar-refractivity contribution in [2.45, 2.75) is 0 Å². The number of nitrogens with one attached hydrogen (secondary N) is 1. The predicted molar refractivity (Wildman–Crippen MR) is 102 cm³/mol. The summed E-state index contributed by atoms with van der Waals surface area (Å²) < 4.78 is 20.3. The lowest BCUT2D eigenvalue weighted by Crippen LogP contribution is -2.36. The van der Waals surface area contributed by atoms with Crippen molar-refractivity contribution in [1.82, 2.24) is 4.98 Å². The molecule has 136 valence electrons. The third kappa shape index (κ3) is 3.60. The van der Waals surface area contributed by atoms with E-state index in [1.807, 2.05) is 24.3 Å². The first-order valence-electron chi connectivity index (χ1n) is 8.38. The maximum absolute atomic E-state index is 14.0. The summed E-state index contributed by atoms with van der Waals surface area (Å²) in [5.41, 5.74) is 1.90. The molecule has 1 aliphatic rings. The number of aromatic nitrogens is 1. The van der Waals surface area contributed by atoms with Crippen molar-refractivity contribution in [2.75, 3.05) is 36.5 Å². The van der Waals surface area contributed by atoms with Gasteiger partial charge in [0.1, 0.15) is 5.82 Å². The first-order valence-corrected chi connectivity index (χ1v) is 9.20. The van der Waals surface area contributed by atoms with E-state index in [0.717, 1.165) is 35.1 Å². The number of benzene rings is 2. The molecule has 27 heavy (non-hydrogen) atoms. The van der Waals surface area contributed by atoms with E-state index in [4.69, 9.17) is 10.00 Å². The number of hydrogen-bond acceptors (Lipinski definition) is 6. The molecule has 1 fully saturated rings. The second-order valence-corrected chi connectivity index (χ2v) is 7.06. The van der Waals surface area contributed by atoms with Crippen LogP contribution in [0.5, 0.6) is 0 Å². The van der Waals surface area contributed by atoms with Crippen LogP contribution in [0, 0.1) is 17.1 Å². The number of carbonyl (C=O) groups excluding carboxylic acids is 1. The summed E-state index contributed by atoms with van der Waals surface area (Å²) in [6.45, 7) is 3.09. The minimum atomic E-state index is -0.734. The summed E-state index contributed by atoms with van der Waals surface area (Å²) in [6, 6.07) is 11.5. The van der Waals surface area contributed by atoms with Crippen molar-refractivity contribution in [2.24, 2.45) is 0 Å². The molecule has 1 aliphatic heterocycles. The molecule has 0 radical (unpaired) electrons. The molecular formula is C19H15FN4O2S. The van der Waals surface area contributed by atoms with Crippen LogP contribution >= 0.6 is 11.3 Å². The van der Waals surface area contributed by atoms with Gasteiger partial charge in [-0.05, 0) is 36.4 Å². The van der Waals surface area contributed by atoms with Crippen molar-refractivity contribution in [3.63, 3.8) is 0 Å². The molecule has 2 heterocycles. The molecule has 0 saturated carbocycles. The SMILES string of the molecule is N#Cc1ccc(C(=O)Nc2nc3ccc(N4CCOCC4)cc3s2)c(F)c1. The highest BCUT2D eigenvalue weighted by Gasteiger charge is 2.16. The van der Waals surface area contributed by atoms with Gasteiger partial charge in [-0.2, -0.15) is 5.26 Å². The molecule has 3 aromatic rings. The van der Waals surface area contributed by atoms with E-state index in [9.17, 15) is 9.18 Å². The molecule has 0 unspecified atom stereocenters. The Morgan fingerprint density at radius 3 is 2.81 bits per heavy atom. The Balaban J connectivity index is 1.55. The Morgan fingerprint density at radius 1 is 1.26 bits per heavy atom. The summed E-state index contributed by atoms with van der Waals surface area (Å²) in [6.07, 6.45) is 0. The van der Waals surface area contributed by atoms with Crippen LogP contribution in [0.15, 0.2) is 36.4 Å².